The first-order valence-corrected chi connectivity index (χ1v) is 5.80. The molecule has 0 atom stereocenters. The summed E-state index contributed by atoms with van der Waals surface area (Å²) in [6.07, 6.45) is 1.81. The molecule has 3 heteroatoms. The van der Waals surface area contributed by atoms with E-state index >= 15 is 0 Å². The van der Waals surface area contributed by atoms with Crippen molar-refractivity contribution in [1.29, 1.82) is 0 Å². The molecule has 0 amide bonds. The predicted octanol–water partition coefficient (Wildman–Crippen LogP) is 2.69. The number of pyridine rings is 1. The van der Waals surface area contributed by atoms with Gasteiger partial charge in [-0.3, -0.25) is 0 Å². The van der Waals surface area contributed by atoms with Gasteiger partial charge in [-0.1, -0.05) is 24.3 Å². The fraction of sp³-hybridized carbons (Fsp3) is 0.214. The number of nitrogen functional groups attached to an aromatic ring is 1. The van der Waals surface area contributed by atoms with E-state index in [4.69, 9.17) is 5.73 Å². The van der Waals surface area contributed by atoms with Crippen LogP contribution in [-0.2, 0) is 6.54 Å². The van der Waals surface area contributed by atoms with Crippen LogP contribution in [0.2, 0.25) is 0 Å². The lowest BCUT2D eigenvalue weighted by Gasteiger charge is -2.22. The van der Waals surface area contributed by atoms with Crippen LogP contribution >= 0.6 is 0 Å². The van der Waals surface area contributed by atoms with Gasteiger partial charge in [-0.15, -0.1) is 0 Å². The van der Waals surface area contributed by atoms with Crippen molar-refractivity contribution >= 4 is 11.5 Å². The van der Waals surface area contributed by atoms with E-state index in [1.807, 2.05) is 42.6 Å². The third kappa shape index (κ3) is 2.75. The topological polar surface area (TPSA) is 42.1 Å². The third-order valence-electron chi connectivity index (χ3n) is 2.77. The molecule has 1 aromatic heterocycles. The summed E-state index contributed by atoms with van der Waals surface area (Å²) < 4.78 is 0. The van der Waals surface area contributed by atoms with Crippen LogP contribution in [0.5, 0.6) is 0 Å². The van der Waals surface area contributed by atoms with Gasteiger partial charge in [-0.25, -0.2) is 4.98 Å². The molecule has 0 saturated carbocycles. The van der Waals surface area contributed by atoms with Gasteiger partial charge in [0.05, 0.1) is 0 Å². The van der Waals surface area contributed by atoms with Crippen LogP contribution in [0.25, 0.3) is 0 Å². The van der Waals surface area contributed by atoms with Crippen LogP contribution in [0.1, 0.15) is 12.5 Å². The summed E-state index contributed by atoms with van der Waals surface area (Å²) in [7, 11) is 0. The van der Waals surface area contributed by atoms with E-state index in [9.17, 15) is 0 Å². The van der Waals surface area contributed by atoms with Crippen LogP contribution in [0.4, 0.5) is 11.5 Å². The molecule has 2 aromatic rings. The number of benzene rings is 1. The fourth-order valence-corrected chi connectivity index (χ4v) is 1.78. The Morgan fingerprint density at radius 1 is 1.12 bits per heavy atom. The maximum atomic E-state index is 5.95. The van der Waals surface area contributed by atoms with Gasteiger partial charge in [0.15, 0.2) is 0 Å². The van der Waals surface area contributed by atoms with E-state index in [1.165, 1.54) is 0 Å². The van der Waals surface area contributed by atoms with Crippen molar-refractivity contribution in [2.24, 2.45) is 0 Å². The summed E-state index contributed by atoms with van der Waals surface area (Å²) in [5, 5.41) is 0. The molecule has 88 valence electrons. The summed E-state index contributed by atoms with van der Waals surface area (Å²) in [6, 6.07) is 13.9. The smallest absolute Gasteiger partial charge is 0.128 e. The number of hydrogen-bond donors (Lipinski definition) is 1. The number of hydrogen-bond acceptors (Lipinski definition) is 3. The zero-order valence-corrected chi connectivity index (χ0v) is 10.0. The van der Waals surface area contributed by atoms with Crippen molar-refractivity contribution in [2.75, 3.05) is 17.2 Å². The zero-order valence-electron chi connectivity index (χ0n) is 10.0. The minimum absolute atomic E-state index is 0.792. The van der Waals surface area contributed by atoms with Gasteiger partial charge < -0.3 is 10.6 Å². The first kappa shape index (κ1) is 11.5. The minimum Gasteiger partial charge on any atom is -0.398 e. The minimum atomic E-state index is 0.792. The average Bonchev–Trinajstić information content (AvgIpc) is 2.39. The molecular formula is C14H17N3. The number of nitrogens with zero attached hydrogens (tertiary/aromatic N) is 2. The number of nitrogens with two attached hydrogens (primary N) is 1. The predicted molar refractivity (Wildman–Crippen MR) is 71.8 cm³/mol. The van der Waals surface area contributed by atoms with Crippen LogP contribution in [0, 0.1) is 0 Å². The Morgan fingerprint density at radius 2 is 1.88 bits per heavy atom. The lowest BCUT2D eigenvalue weighted by Crippen LogP contribution is -2.23. The molecule has 3 nitrogen and oxygen atoms in total. The second kappa shape index (κ2) is 5.34. The molecular weight excluding hydrogens is 210 g/mol. The average molecular weight is 227 g/mol. The monoisotopic (exact) mass is 227 g/mol. The molecule has 0 aliphatic rings. The van der Waals surface area contributed by atoms with Crippen molar-refractivity contribution < 1.29 is 0 Å². The summed E-state index contributed by atoms with van der Waals surface area (Å²) >= 11 is 0. The van der Waals surface area contributed by atoms with E-state index in [-0.39, 0.29) is 0 Å². The van der Waals surface area contributed by atoms with Gasteiger partial charge >= 0.3 is 0 Å². The first-order chi connectivity index (χ1) is 8.31. The maximum absolute atomic E-state index is 5.95. The van der Waals surface area contributed by atoms with Crippen molar-refractivity contribution in [3.05, 3.63) is 54.2 Å². The summed E-state index contributed by atoms with van der Waals surface area (Å²) in [4.78, 5) is 6.56. The standard InChI is InChI=1S/C14H17N3/c1-2-17(14-9-5-6-10-16-14)11-12-7-3-4-8-13(12)15/h3-10H,2,11,15H2,1H3. The summed E-state index contributed by atoms with van der Waals surface area (Å²) in [5.74, 6) is 0.984. The Morgan fingerprint density at radius 3 is 2.53 bits per heavy atom. The van der Waals surface area contributed by atoms with Gasteiger partial charge in [0.2, 0.25) is 0 Å². The number of para-hydroxylation sites is 1. The van der Waals surface area contributed by atoms with Crippen LogP contribution in [-0.4, -0.2) is 11.5 Å². The highest BCUT2D eigenvalue weighted by molar-refractivity contribution is 5.49. The van der Waals surface area contributed by atoms with E-state index < -0.39 is 0 Å². The van der Waals surface area contributed by atoms with Gasteiger partial charge in [0.25, 0.3) is 0 Å². The molecule has 0 saturated heterocycles. The molecule has 2 rings (SSSR count). The molecule has 0 unspecified atom stereocenters. The Kier molecular flexibility index (Phi) is 3.60. The highest BCUT2D eigenvalue weighted by Gasteiger charge is 2.07. The molecule has 1 aromatic carbocycles. The molecule has 0 spiro atoms. The third-order valence-corrected chi connectivity index (χ3v) is 2.77. The highest BCUT2D eigenvalue weighted by atomic mass is 15.2. The van der Waals surface area contributed by atoms with Gasteiger partial charge in [0.1, 0.15) is 5.82 Å². The quantitative estimate of drug-likeness (QED) is 0.816. The van der Waals surface area contributed by atoms with Crippen LogP contribution < -0.4 is 10.6 Å². The second-order valence-electron chi connectivity index (χ2n) is 3.90. The SMILES string of the molecule is CCN(Cc1ccccc1N)c1ccccn1. The normalized spacial score (nSPS) is 10.2. The van der Waals surface area contributed by atoms with Crippen molar-refractivity contribution in [3.8, 4) is 0 Å². The largest absolute Gasteiger partial charge is 0.398 e. The molecule has 17 heavy (non-hydrogen) atoms. The Bertz CT molecular complexity index is 468. The van der Waals surface area contributed by atoms with Crippen LogP contribution in [0.15, 0.2) is 48.7 Å². The van der Waals surface area contributed by atoms with Gasteiger partial charge in [-0.2, -0.15) is 0 Å². The molecule has 1 heterocycles. The van der Waals surface area contributed by atoms with Crippen molar-refractivity contribution in [2.45, 2.75) is 13.5 Å². The molecule has 0 radical (unpaired) electrons. The number of anilines is 2. The molecule has 2 N–H and O–H groups in total. The molecule has 0 fully saturated rings. The van der Waals surface area contributed by atoms with E-state index in [2.05, 4.69) is 22.9 Å². The zero-order chi connectivity index (χ0) is 12.1. The molecule has 0 aliphatic carbocycles. The molecule has 0 aliphatic heterocycles. The summed E-state index contributed by atoms with van der Waals surface area (Å²) in [6.45, 7) is 3.82. The number of rotatable bonds is 4. The Labute approximate surface area is 102 Å². The maximum Gasteiger partial charge on any atom is 0.128 e. The highest BCUT2D eigenvalue weighted by Crippen LogP contribution is 2.17. The van der Waals surface area contributed by atoms with Crippen molar-refractivity contribution in [1.82, 2.24) is 4.98 Å². The fourth-order valence-electron chi connectivity index (χ4n) is 1.78. The van der Waals surface area contributed by atoms with E-state index in [1.54, 1.807) is 0 Å². The van der Waals surface area contributed by atoms with E-state index in [0.717, 1.165) is 30.2 Å². The van der Waals surface area contributed by atoms with Crippen LogP contribution in [0.3, 0.4) is 0 Å². The Balaban J connectivity index is 2.19. The lowest BCUT2D eigenvalue weighted by atomic mass is 10.1. The number of aromatic nitrogens is 1. The lowest BCUT2D eigenvalue weighted by molar-refractivity contribution is 0.815. The summed E-state index contributed by atoms with van der Waals surface area (Å²) in [5.41, 5.74) is 7.93. The van der Waals surface area contributed by atoms with E-state index in [0.29, 0.717) is 0 Å². The van der Waals surface area contributed by atoms with Crippen molar-refractivity contribution in [3.63, 3.8) is 0 Å². The first-order valence-electron chi connectivity index (χ1n) is 5.80. The van der Waals surface area contributed by atoms with Gasteiger partial charge in [-0.05, 0) is 30.7 Å². The second-order valence-corrected chi connectivity index (χ2v) is 3.90. The Hall–Kier alpha value is -2.03. The molecule has 0 bridgehead atoms. The van der Waals surface area contributed by atoms with Gasteiger partial charge in [0, 0.05) is 25.0 Å².